The molecule has 4 N–H and O–H groups in total. The third-order valence-electron chi connectivity index (χ3n) is 4.14. The Morgan fingerprint density at radius 2 is 1.88 bits per heavy atom. The molecule has 0 aliphatic carbocycles. The van der Waals surface area contributed by atoms with E-state index in [1.165, 1.54) is 5.56 Å². The van der Waals surface area contributed by atoms with E-state index in [0.29, 0.717) is 12.2 Å². The Morgan fingerprint density at radius 1 is 1.17 bits per heavy atom. The molecule has 0 aliphatic heterocycles. The van der Waals surface area contributed by atoms with E-state index in [-0.39, 0.29) is 12.4 Å². The summed E-state index contributed by atoms with van der Waals surface area (Å²) in [7, 11) is 1.93. The molecule has 0 aromatic carbocycles. The third kappa shape index (κ3) is 4.01. The molecule has 0 fully saturated rings. The molecule has 0 spiro atoms. The molecule has 2 aromatic rings. The van der Waals surface area contributed by atoms with E-state index in [0.717, 1.165) is 35.6 Å². The van der Waals surface area contributed by atoms with Gasteiger partial charge in [0.1, 0.15) is 5.82 Å². The van der Waals surface area contributed by atoms with E-state index in [2.05, 4.69) is 20.2 Å². The van der Waals surface area contributed by atoms with E-state index in [4.69, 9.17) is 10.8 Å². The smallest absolute Gasteiger partial charge is 0.303 e. The topological polar surface area (TPSA) is 121 Å². The van der Waals surface area contributed by atoms with Crippen molar-refractivity contribution in [1.29, 1.82) is 0 Å². The summed E-state index contributed by atoms with van der Waals surface area (Å²) in [5, 5.41) is 16.1. The van der Waals surface area contributed by atoms with Gasteiger partial charge in [0.2, 0.25) is 5.95 Å². The average molecular weight is 332 g/mol. The predicted molar refractivity (Wildman–Crippen MR) is 92.2 cm³/mol. The summed E-state index contributed by atoms with van der Waals surface area (Å²) in [6.07, 6.45) is 1.23. The maximum atomic E-state index is 10.9. The molecule has 0 unspecified atom stereocenters. The normalized spacial score (nSPS) is 10.8. The Kier molecular flexibility index (Phi) is 5.38. The summed E-state index contributed by atoms with van der Waals surface area (Å²) in [6.45, 7) is 6.53. The fourth-order valence-corrected chi connectivity index (χ4v) is 2.77. The number of carboxylic acids is 1. The fourth-order valence-electron chi connectivity index (χ4n) is 2.77. The van der Waals surface area contributed by atoms with Crippen molar-refractivity contribution in [1.82, 2.24) is 20.2 Å². The number of hydrogen-bond donors (Lipinski definition) is 3. The summed E-state index contributed by atoms with van der Waals surface area (Å²) in [6, 6.07) is 0. The number of rotatable bonds is 7. The SMILES string of the molecule is Cc1nc(N)nc(N(C)CCc2c(C)n[nH]c2C)c1CCC(=O)O. The first-order valence-corrected chi connectivity index (χ1v) is 7.86. The molecule has 0 aliphatic rings. The minimum absolute atomic E-state index is 0.0366. The van der Waals surface area contributed by atoms with Crippen LogP contribution >= 0.6 is 0 Å². The van der Waals surface area contributed by atoms with Gasteiger partial charge in [-0.25, -0.2) is 4.98 Å². The van der Waals surface area contributed by atoms with Gasteiger partial charge in [0.05, 0.1) is 5.69 Å². The fraction of sp³-hybridized carbons (Fsp3) is 0.500. The number of aromatic amines is 1. The number of anilines is 2. The Labute approximate surface area is 141 Å². The molecule has 0 atom stereocenters. The number of likely N-dealkylation sites (N-methyl/N-ethyl adjacent to an activating group) is 1. The number of aliphatic carboxylic acids is 1. The summed E-state index contributed by atoms with van der Waals surface area (Å²) in [5.41, 5.74) is 10.6. The van der Waals surface area contributed by atoms with Gasteiger partial charge in [-0.1, -0.05) is 0 Å². The number of nitrogen functional groups attached to an aromatic ring is 1. The van der Waals surface area contributed by atoms with Gasteiger partial charge in [-0.05, 0) is 39.2 Å². The molecular formula is C16H24N6O2. The maximum absolute atomic E-state index is 10.9. The number of aryl methyl sites for hydroxylation is 3. The molecule has 24 heavy (non-hydrogen) atoms. The lowest BCUT2D eigenvalue weighted by molar-refractivity contribution is -0.136. The first-order chi connectivity index (χ1) is 11.3. The standard InChI is InChI=1S/C16H24N6O2/c1-9-13(5-6-14(23)24)15(19-16(17)18-9)22(4)8-7-12-10(2)20-21-11(12)3/h5-8H2,1-4H3,(H,20,21)(H,23,24)(H2,17,18,19). The Balaban J connectivity index is 2.21. The lowest BCUT2D eigenvalue weighted by Crippen LogP contribution is -2.24. The lowest BCUT2D eigenvalue weighted by Gasteiger charge is -2.22. The molecule has 2 aromatic heterocycles. The Morgan fingerprint density at radius 3 is 2.46 bits per heavy atom. The van der Waals surface area contributed by atoms with Gasteiger partial charge in [-0.3, -0.25) is 9.89 Å². The van der Waals surface area contributed by atoms with Crippen LogP contribution < -0.4 is 10.6 Å². The second-order valence-electron chi connectivity index (χ2n) is 5.95. The van der Waals surface area contributed by atoms with Gasteiger partial charge in [0, 0.05) is 37.0 Å². The van der Waals surface area contributed by atoms with Crippen LogP contribution in [-0.2, 0) is 17.6 Å². The zero-order chi connectivity index (χ0) is 17.9. The molecule has 130 valence electrons. The molecule has 0 saturated heterocycles. The average Bonchev–Trinajstić information content (AvgIpc) is 2.81. The molecule has 0 bridgehead atoms. The van der Waals surface area contributed by atoms with E-state index in [9.17, 15) is 4.79 Å². The number of aromatic nitrogens is 4. The highest BCUT2D eigenvalue weighted by molar-refractivity contribution is 5.67. The minimum Gasteiger partial charge on any atom is -0.481 e. The molecule has 8 heteroatoms. The lowest BCUT2D eigenvalue weighted by atomic mass is 10.1. The van der Waals surface area contributed by atoms with Crippen molar-refractivity contribution < 1.29 is 9.90 Å². The second-order valence-corrected chi connectivity index (χ2v) is 5.95. The first kappa shape index (κ1) is 17.7. The van der Waals surface area contributed by atoms with Crippen molar-refractivity contribution in [2.45, 2.75) is 40.0 Å². The van der Waals surface area contributed by atoms with Crippen molar-refractivity contribution in [2.24, 2.45) is 0 Å². The van der Waals surface area contributed by atoms with Gasteiger partial charge < -0.3 is 15.7 Å². The van der Waals surface area contributed by atoms with Gasteiger partial charge in [0.15, 0.2) is 0 Å². The molecule has 8 nitrogen and oxygen atoms in total. The monoisotopic (exact) mass is 332 g/mol. The van der Waals surface area contributed by atoms with Gasteiger partial charge in [0.25, 0.3) is 0 Å². The quantitative estimate of drug-likeness (QED) is 0.700. The van der Waals surface area contributed by atoms with E-state index in [1.807, 2.05) is 32.7 Å². The highest BCUT2D eigenvalue weighted by Crippen LogP contribution is 2.23. The number of nitrogens with zero attached hydrogens (tertiary/aromatic N) is 4. The zero-order valence-corrected chi connectivity index (χ0v) is 14.6. The van der Waals surface area contributed by atoms with Crippen LogP contribution in [0, 0.1) is 20.8 Å². The maximum Gasteiger partial charge on any atom is 0.303 e. The van der Waals surface area contributed by atoms with E-state index < -0.39 is 5.97 Å². The van der Waals surface area contributed by atoms with Crippen LogP contribution in [0.5, 0.6) is 0 Å². The summed E-state index contributed by atoms with van der Waals surface area (Å²) >= 11 is 0. The molecule has 2 heterocycles. The van der Waals surface area contributed by atoms with Crippen LogP contribution in [-0.4, -0.2) is 44.8 Å². The van der Waals surface area contributed by atoms with Crippen molar-refractivity contribution in [2.75, 3.05) is 24.2 Å². The second kappa shape index (κ2) is 7.29. The molecule has 0 radical (unpaired) electrons. The highest BCUT2D eigenvalue weighted by atomic mass is 16.4. The number of nitrogens with one attached hydrogen (secondary N) is 1. The van der Waals surface area contributed by atoms with Gasteiger partial charge in [-0.15, -0.1) is 0 Å². The van der Waals surface area contributed by atoms with Crippen LogP contribution in [0.3, 0.4) is 0 Å². The number of H-pyrrole nitrogens is 1. The van der Waals surface area contributed by atoms with Crippen molar-refractivity contribution in [3.8, 4) is 0 Å². The van der Waals surface area contributed by atoms with Crippen molar-refractivity contribution in [3.63, 3.8) is 0 Å². The number of carboxylic acid groups (broad SMARTS) is 1. The van der Waals surface area contributed by atoms with E-state index >= 15 is 0 Å². The number of nitrogens with two attached hydrogens (primary N) is 1. The first-order valence-electron chi connectivity index (χ1n) is 7.86. The molecule has 2 rings (SSSR count). The van der Waals surface area contributed by atoms with Gasteiger partial charge >= 0.3 is 5.97 Å². The van der Waals surface area contributed by atoms with Crippen LogP contribution in [0.4, 0.5) is 11.8 Å². The van der Waals surface area contributed by atoms with Crippen LogP contribution in [0.1, 0.15) is 34.6 Å². The van der Waals surface area contributed by atoms with Crippen molar-refractivity contribution >= 4 is 17.7 Å². The van der Waals surface area contributed by atoms with Crippen LogP contribution in [0.25, 0.3) is 0 Å². The number of hydrogen-bond acceptors (Lipinski definition) is 6. The van der Waals surface area contributed by atoms with Crippen LogP contribution in [0.15, 0.2) is 0 Å². The molecular weight excluding hydrogens is 308 g/mol. The Bertz CT molecular complexity index is 721. The summed E-state index contributed by atoms with van der Waals surface area (Å²) in [4.78, 5) is 21.4. The minimum atomic E-state index is -0.843. The summed E-state index contributed by atoms with van der Waals surface area (Å²) < 4.78 is 0. The molecule has 0 saturated carbocycles. The Hall–Kier alpha value is -2.64. The number of carbonyl (C=O) groups is 1. The van der Waals surface area contributed by atoms with Crippen molar-refractivity contribution in [3.05, 3.63) is 28.2 Å². The predicted octanol–water partition coefficient (Wildman–Crippen LogP) is 1.40. The third-order valence-corrected chi connectivity index (χ3v) is 4.14. The molecule has 0 amide bonds. The van der Waals surface area contributed by atoms with Crippen LogP contribution in [0.2, 0.25) is 0 Å². The largest absolute Gasteiger partial charge is 0.481 e. The van der Waals surface area contributed by atoms with Gasteiger partial charge in [-0.2, -0.15) is 10.1 Å². The summed E-state index contributed by atoms with van der Waals surface area (Å²) in [5.74, 6) is 0.0497. The highest BCUT2D eigenvalue weighted by Gasteiger charge is 2.16. The zero-order valence-electron chi connectivity index (χ0n) is 14.6. The van der Waals surface area contributed by atoms with E-state index in [1.54, 1.807) is 0 Å².